The molecule has 180 valence electrons. The summed E-state index contributed by atoms with van der Waals surface area (Å²) < 4.78 is 14.0. The maximum Gasteiger partial charge on any atom is 0.330 e. The zero-order chi connectivity index (χ0) is 24.3. The number of nitrogens with zero attached hydrogens (tertiary/aromatic N) is 1. The number of rotatable bonds is 8. The van der Waals surface area contributed by atoms with Gasteiger partial charge >= 0.3 is 5.69 Å². The number of hydrogen-bond donors (Lipinski definition) is 2. The van der Waals surface area contributed by atoms with Gasteiger partial charge in [0.2, 0.25) is 0 Å². The van der Waals surface area contributed by atoms with Crippen molar-refractivity contribution in [2.45, 2.75) is 44.7 Å². The average Bonchev–Trinajstić information content (AvgIpc) is 3.14. The molecule has 0 aliphatic carbocycles. The molecule has 0 saturated carbocycles. The van der Waals surface area contributed by atoms with Crippen molar-refractivity contribution in [2.75, 3.05) is 13.2 Å². The first-order valence-electron chi connectivity index (χ1n) is 11.7. The van der Waals surface area contributed by atoms with Gasteiger partial charge in [0.1, 0.15) is 11.5 Å². The average molecular weight is 481 g/mol. The summed E-state index contributed by atoms with van der Waals surface area (Å²) in [5, 5.41) is 12.1. The number of aliphatic hydroxyl groups is 1. The van der Waals surface area contributed by atoms with Crippen LogP contribution in [-0.2, 0) is 14.8 Å². The highest BCUT2D eigenvalue weighted by molar-refractivity contribution is 6.86. The standard InChI is InChI=1S/C26H32N2O5Si/c1-18(2)16-32-17-23-22(29)14-26(33-23,28-15-19(3)24(30)27-25(28)31)34(20-10-6-4-7-11-20)21-12-8-5-9-13-21/h4-13,15,18,22-23,29,34H,14,16-17H2,1-3H3,(H,27,30,31)/t22-,23+,26-/m0/s1. The molecule has 1 aromatic heterocycles. The predicted molar refractivity (Wildman–Crippen MR) is 134 cm³/mol. The van der Waals surface area contributed by atoms with Crippen LogP contribution in [0, 0.1) is 12.8 Å². The van der Waals surface area contributed by atoms with Gasteiger partial charge in [0.25, 0.3) is 5.56 Å². The van der Waals surface area contributed by atoms with Crippen LogP contribution in [0.3, 0.4) is 0 Å². The summed E-state index contributed by atoms with van der Waals surface area (Å²) in [5.74, 6) is 0.350. The van der Waals surface area contributed by atoms with Crippen LogP contribution in [0.5, 0.6) is 0 Å². The molecule has 1 fully saturated rings. The summed E-state index contributed by atoms with van der Waals surface area (Å²) in [6, 6.07) is 20.0. The van der Waals surface area contributed by atoms with Gasteiger partial charge in [-0.15, -0.1) is 0 Å². The quantitative estimate of drug-likeness (QED) is 0.468. The molecule has 3 aromatic rings. The number of H-pyrrole nitrogens is 1. The highest BCUT2D eigenvalue weighted by Crippen LogP contribution is 2.37. The number of benzene rings is 2. The summed E-state index contributed by atoms with van der Waals surface area (Å²) >= 11 is 0. The SMILES string of the molecule is Cc1cn([C@@]2([SiH](c3ccccc3)c3ccccc3)C[C@H](O)[C@@H](COCC(C)C)O2)c(=O)[nH]c1=O. The van der Waals surface area contributed by atoms with Gasteiger partial charge in [-0.1, -0.05) is 84.9 Å². The molecule has 0 radical (unpaired) electrons. The number of aromatic amines is 1. The Hall–Kier alpha value is -2.78. The Morgan fingerprint density at radius 2 is 1.71 bits per heavy atom. The number of aromatic nitrogens is 2. The third kappa shape index (κ3) is 4.86. The van der Waals surface area contributed by atoms with Gasteiger partial charge in [-0.25, -0.2) is 4.79 Å². The molecule has 1 aliphatic heterocycles. The first-order valence-corrected chi connectivity index (χ1v) is 13.4. The Labute approximate surface area is 200 Å². The van der Waals surface area contributed by atoms with Crippen LogP contribution in [0.25, 0.3) is 0 Å². The molecule has 7 nitrogen and oxygen atoms in total. The molecular formula is C26H32N2O5Si. The van der Waals surface area contributed by atoms with Crippen molar-refractivity contribution in [3.8, 4) is 0 Å². The minimum Gasteiger partial charge on any atom is -0.390 e. The number of nitrogens with one attached hydrogen (secondary N) is 1. The Balaban J connectivity index is 1.90. The first kappa shape index (κ1) is 24.3. The maximum atomic E-state index is 13.2. The zero-order valence-electron chi connectivity index (χ0n) is 19.8. The van der Waals surface area contributed by atoms with Crippen LogP contribution in [0.1, 0.15) is 25.8 Å². The molecule has 0 amide bonds. The van der Waals surface area contributed by atoms with E-state index in [4.69, 9.17) is 9.47 Å². The fraction of sp³-hybridized carbons (Fsp3) is 0.385. The number of ether oxygens (including phenoxy) is 2. The van der Waals surface area contributed by atoms with Crippen LogP contribution in [0.15, 0.2) is 76.4 Å². The molecule has 1 saturated heterocycles. The topological polar surface area (TPSA) is 93.6 Å². The molecule has 4 rings (SSSR count). The zero-order valence-corrected chi connectivity index (χ0v) is 21.0. The molecule has 0 unspecified atom stereocenters. The Bertz CT molecular complexity index is 1170. The van der Waals surface area contributed by atoms with E-state index < -0.39 is 37.6 Å². The molecule has 0 spiro atoms. The lowest BCUT2D eigenvalue weighted by Gasteiger charge is -2.38. The third-order valence-electron chi connectivity index (χ3n) is 6.26. The molecular weight excluding hydrogens is 448 g/mol. The molecule has 2 N–H and O–H groups in total. The van der Waals surface area contributed by atoms with E-state index in [1.807, 2.05) is 60.7 Å². The highest BCUT2D eigenvalue weighted by atomic mass is 28.3. The lowest BCUT2D eigenvalue weighted by atomic mass is 10.2. The Kier molecular flexibility index (Phi) is 7.32. The molecule has 2 heterocycles. The smallest absolute Gasteiger partial charge is 0.330 e. The van der Waals surface area contributed by atoms with Crippen LogP contribution >= 0.6 is 0 Å². The normalized spacial score (nSPS) is 22.5. The molecule has 3 atom stereocenters. The van der Waals surface area contributed by atoms with Crippen molar-refractivity contribution in [2.24, 2.45) is 5.92 Å². The van der Waals surface area contributed by atoms with E-state index in [9.17, 15) is 14.7 Å². The first-order chi connectivity index (χ1) is 16.3. The molecule has 8 heteroatoms. The second kappa shape index (κ2) is 10.2. The van der Waals surface area contributed by atoms with Crippen LogP contribution in [-0.4, -0.2) is 48.9 Å². The lowest BCUT2D eigenvalue weighted by Crippen LogP contribution is -2.64. The van der Waals surface area contributed by atoms with E-state index in [1.54, 1.807) is 13.1 Å². The van der Waals surface area contributed by atoms with Gasteiger partial charge < -0.3 is 14.6 Å². The van der Waals surface area contributed by atoms with Crippen LogP contribution in [0.4, 0.5) is 0 Å². The fourth-order valence-electron chi connectivity index (χ4n) is 4.72. The van der Waals surface area contributed by atoms with Gasteiger partial charge in [0.05, 0.1) is 12.7 Å². The predicted octanol–water partition coefficient (Wildman–Crippen LogP) is 0.901. The molecule has 1 aliphatic rings. The van der Waals surface area contributed by atoms with E-state index in [2.05, 4.69) is 18.8 Å². The van der Waals surface area contributed by atoms with Crippen molar-refractivity contribution >= 4 is 19.2 Å². The van der Waals surface area contributed by atoms with Crippen molar-refractivity contribution in [3.63, 3.8) is 0 Å². The van der Waals surface area contributed by atoms with Crippen LogP contribution in [0.2, 0.25) is 0 Å². The van der Waals surface area contributed by atoms with E-state index in [0.717, 1.165) is 10.4 Å². The summed E-state index contributed by atoms with van der Waals surface area (Å²) in [4.78, 5) is 27.8. The van der Waals surface area contributed by atoms with Crippen molar-refractivity contribution in [3.05, 3.63) is 93.3 Å². The summed E-state index contributed by atoms with van der Waals surface area (Å²) in [6.07, 6.45) is 0.361. The Morgan fingerprint density at radius 3 is 2.26 bits per heavy atom. The molecule has 34 heavy (non-hydrogen) atoms. The minimum atomic E-state index is -2.36. The van der Waals surface area contributed by atoms with Crippen molar-refractivity contribution in [1.29, 1.82) is 0 Å². The van der Waals surface area contributed by atoms with Gasteiger partial charge in [-0.2, -0.15) is 0 Å². The highest BCUT2D eigenvalue weighted by Gasteiger charge is 2.54. The number of aliphatic hydroxyl groups excluding tert-OH is 1. The van der Waals surface area contributed by atoms with E-state index in [-0.39, 0.29) is 13.0 Å². The number of aryl methyl sites for hydroxylation is 1. The van der Waals surface area contributed by atoms with Crippen molar-refractivity contribution < 1.29 is 14.6 Å². The van der Waals surface area contributed by atoms with Gasteiger partial charge in [-0.3, -0.25) is 14.3 Å². The minimum absolute atomic E-state index is 0.217. The van der Waals surface area contributed by atoms with Gasteiger partial charge in [0.15, 0.2) is 8.80 Å². The molecule has 0 bridgehead atoms. The molecule has 2 aromatic carbocycles. The summed E-state index contributed by atoms with van der Waals surface area (Å²) in [7, 11) is -2.36. The largest absolute Gasteiger partial charge is 0.390 e. The maximum absolute atomic E-state index is 13.2. The lowest BCUT2D eigenvalue weighted by molar-refractivity contribution is -0.0880. The second-order valence-electron chi connectivity index (χ2n) is 9.40. The number of hydrogen-bond acceptors (Lipinski definition) is 5. The van der Waals surface area contributed by atoms with Crippen molar-refractivity contribution in [1.82, 2.24) is 9.55 Å². The monoisotopic (exact) mass is 480 g/mol. The van der Waals surface area contributed by atoms with E-state index >= 15 is 0 Å². The van der Waals surface area contributed by atoms with E-state index in [1.165, 1.54) is 4.57 Å². The van der Waals surface area contributed by atoms with Gasteiger partial charge in [-0.05, 0) is 12.8 Å². The Morgan fingerprint density at radius 1 is 1.12 bits per heavy atom. The van der Waals surface area contributed by atoms with E-state index in [0.29, 0.717) is 18.1 Å². The van der Waals surface area contributed by atoms with Gasteiger partial charge in [0, 0.05) is 24.8 Å². The fourth-order valence-corrected chi connectivity index (χ4v) is 8.62. The van der Waals surface area contributed by atoms with Crippen LogP contribution < -0.4 is 21.6 Å². The third-order valence-corrected chi connectivity index (χ3v) is 9.92. The summed E-state index contributed by atoms with van der Waals surface area (Å²) in [6.45, 7) is 6.57. The summed E-state index contributed by atoms with van der Waals surface area (Å²) in [5.41, 5.74) is -0.564. The second-order valence-corrected chi connectivity index (χ2v) is 12.5.